The largest absolute Gasteiger partial charge is 0.309 e. The summed E-state index contributed by atoms with van der Waals surface area (Å²) < 4.78 is 2.41. The number of hydrogen-bond acceptors (Lipinski definition) is 1. The lowest BCUT2D eigenvalue weighted by atomic mass is 9.98. The molecule has 7 aromatic carbocycles. The first-order chi connectivity index (χ1) is 23.3. The van der Waals surface area contributed by atoms with Crippen LogP contribution in [0.4, 0.5) is 0 Å². The highest BCUT2D eigenvalue weighted by atomic mass is 15.0. The lowest BCUT2D eigenvalue weighted by molar-refractivity contribution is 1.18. The Morgan fingerprint density at radius 3 is 1.66 bits per heavy atom. The molecule has 9 aromatic rings. The van der Waals surface area contributed by atoms with Crippen LogP contribution >= 0.6 is 0 Å². The Bertz CT molecular complexity index is 2570. The van der Waals surface area contributed by atoms with E-state index in [9.17, 15) is 0 Å². The quantitative estimate of drug-likeness (QED) is 0.198. The molecule has 0 unspecified atom stereocenters. The summed E-state index contributed by atoms with van der Waals surface area (Å²) in [5.74, 6) is 0. The second-order valence-electron chi connectivity index (χ2n) is 12.4. The third-order valence-corrected chi connectivity index (χ3v) is 9.76. The first-order valence-corrected chi connectivity index (χ1v) is 16.1. The van der Waals surface area contributed by atoms with E-state index < -0.39 is 0 Å². The van der Waals surface area contributed by atoms with E-state index in [0.29, 0.717) is 0 Å². The molecule has 1 aliphatic carbocycles. The van der Waals surface area contributed by atoms with Crippen molar-refractivity contribution in [1.29, 1.82) is 0 Å². The second kappa shape index (κ2) is 10.1. The third-order valence-electron chi connectivity index (χ3n) is 9.76. The van der Waals surface area contributed by atoms with Gasteiger partial charge in [0.1, 0.15) is 0 Å². The van der Waals surface area contributed by atoms with Gasteiger partial charge in [0.2, 0.25) is 0 Å². The predicted molar refractivity (Wildman–Crippen MR) is 197 cm³/mol. The van der Waals surface area contributed by atoms with Gasteiger partial charge in [0, 0.05) is 44.6 Å². The van der Waals surface area contributed by atoms with Crippen molar-refractivity contribution in [2.75, 3.05) is 0 Å². The minimum atomic E-state index is 1.02. The first kappa shape index (κ1) is 26.0. The Labute approximate surface area is 272 Å². The summed E-state index contributed by atoms with van der Waals surface area (Å²) in [5.41, 5.74) is 15.6. The van der Waals surface area contributed by atoms with Gasteiger partial charge in [-0.2, -0.15) is 0 Å². The van der Waals surface area contributed by atoms with Crippen molar-refractivity contribution in [2.24, 2.45) is 0 Å². The van der Waals surface area contributed by atoms with Crippen LogP contribution in [-0.2, 0) is 0 Å². The van der Waals surface area contributed by atoms with Gasteiger partial charge in [-0.15, -0.1) is 0 Å². The van der Waals surface area contributed by atoms with E-state index in [-0.39, 0.29) is 0 Å². The molecule has 218 valence electrons. The van der Waals surface area contributed by atoms with Crippen molar-refractivity contribution in [3.8, 4) is 61.5 Å². The highest BCUT2D eigenvalue weighted by Crippen LogP contribution is 2.50. The van der Waals surface area contributed by atoms with Crippen molar-refractivity contribution >= 4 is 32.6 Å². The standard InChI is InChI=1S/C45H28N2/c1-3-11-29(12-4-1)31-21-23-41-39(26-31)40-27-32(30-13-5-2-6-14-30)22-24-42(40)47(41)35-17-9-15-33(25-35)45-44-38-19-8-7-18-36(38)37-20-10-16-34(28-46-45)43(37)44/h1-28H. The van der Waals surface area contributed by atoms with Gasteiger partial charge in [0.15, 0.2) is 0 Å². The Balaban J connectivity index is 1.21. The van der Waals surface area contributed by atoms with Gasteiger partial charge in [-0.3, -0.25) is 4.98 Å². The van der Waals surface area contributed by atoms with Crippen LogP contribution in [0.1, 0.15) is 0 Å². The molecule has 2 heteroatoms. The summed E-state index contributed by atoms with van der Waals surface area (Å²) >= 11 is 0. The van der Waals surface area contributed by atoms with E-state index in [1.165, 1.54) is 77.1 Å². The Kier molecular flexibility index (Phi) is 5.61. The molecule has 0 aliphatic heterocycles. The van der Waals surface area contributed by atoms with E-state index in [1.54, 1.807) is 0 Å². The number of benzene rings is 7. The van der Waals surface area contributed by atoms with Crippen LogP contribution in [-0.4, -0.2) is 9.55 Å². The molecule has 0 atom stereocenters. The van der Waals surface area contributed by atoms with Crippen LogP contribution in [0, 0.1) is 0 Å². The Morgan fingerprint density at radius 1 is 0.404 bits per heavy atom. The summed E-state index contributed by atoms with van der Waals surface area (Å²) in [5, 5.41) is 4.96. The number of fused-ring (bicyclic) bond motifs is 6. The van der Waals surface area contributed by atoms with Crippen LogP contribution in [0.2, 0.25) is 0 Å². The highest BCUT2D eigenvalue weighted by molar-refractivity contribution is 6.18. The van der Waals surface area contributed by atoms with Crippen molar-refractivity contribution < 1.29 is 0 Å². The second-order valence-corrected chi connectivity index (χ2v) is 12.4. The molecule has 2 aromatic heterocycles. The van der Waals surface area contributed by atoms with Crippen LogP contribution in [0.25, 0.3) is 94.0 Å². The molecular formula is C45H28N2. The zero-order chi connectivity index (χ0) is 30.9. The number of pyridine rings is 1. The zero-order valence-electron chi connectivity index (χ0n) is 25.6. The number of rotatable bonds is 4. The molecule has 0 amide bonds. The molecule has 0 bridgehead atoms. The van der Waals surface area contributed by atoms with Crippen molar-refractivity contribution in [2.45, 2.75) is 0 Å². The van der Waals surface area contributed by atoms with E-state index in [4.69, 9.17) is 4.98 Å². The SMILES string of the molecule is c1ccc(-c2ccc3c(c2)c2cc(-c4ccccc4)ccc2n3-c2cccc(-c3ncc4cccc5c4c3-c3ccccc3-5)c2)cc1. The van der Waals surface area contributed by atoms with Gasteiger partial charge in [0.05, 0.1) is 16.7 Å². The fourth-order valence-electron chi connectivity index (χ4n) is 7.63. The molecule has 10 rings (SSSR count). The third kappa shape index (κ3) is 3.95. The van der Waals surface area contributed by atoms with Crippen molar-refractivity contribution in [1.82, 2.24) is 9.55 Å². The molecule has 0 fully saturated rings. The van der Waals surface area contributed by atoms with Crippen LogP contribution in [0.5, 0.6) is 0 Å². The van der Waals surface area contributed by atoms with Crippen LogP contribution < -0.4 is 0 Å². The number of nitrogens with zero attached hydrogens (tertiary/aromatic N) is 2. The molecule has 0 radical (unpaired) electrons. The Morgan fingerprint density at radius 2 is 0.979 bits per heavy atom. The monoisotopic (exact) mass is 596 g/mol. The van der Waals surface area contributed by atoms with Gasteiger partial charge in [-0.1, -0.05) is 127 Å². The van der Waals surface area contributed by atoms with E-state index in [0.717, 1.165) is 16.9 Å². The Hall–Kier alpha value is -6.25. The van der Waals surface area contributed by atoms with Crippen molar-refractivity contribution in [3.05, 3.63) is 170 Å². The van der Waals surface area contributed by atoms with Gasteiger partial charge >= 0.3 is 0 Å². The minimum Gasteiger partial charge on any atom is -0.309 e. The highest BCUT2D eigenvalue weighted by Gasteiger charge is 2.25. The average molecular weight is 597 g/mol. The molecule has 0 saturated heterocycles. The predicted octanol–water partition coefficient (Wildman–Crippen LogP) is 12.0. The van der Waals surface area contributed by atoms with Gasteiger partial charge in [0.25, 0.3) is 0 Å². The van der Waals surface area contributed by atoms with Gasteiger partial charge < -0.3 is 4.57 Å². The summed E-state index contributed by atoms with van der Waals surface area (Å²) in [4.78, 5) is 5.11. The maximum absolute atomic E-state index is 5.11. The summed E-state index contributed by atoms with van der Waals surface area (Å²) in [6.07, 6.45) is 2.03. The molecule has 0 N–H and O–H groups in total. The molecule has 2 heterocycles. The van der Waals surface area contributed by atoms with E-state index >= 15 is 0 Å². The van der Waals surface area contributed by atoms with Crippen LogP contribution in [0.3, 0.4) is 0 Å². The fourth-order valence-corrected chi connectivity index (χ4v) is 7.63. The fraction of sp³-hybridized carbons (Fsp3) is 0. The summed E-state index contributed by atoms with van der Waals surface area (Å²) in [6, 6.07) is 59.3. The summed E-state index contributed by atoms with van der Waals surface area (Å²) in [7, 11) is 0. The zero-order valence-corrected chi connectivity index (χ0v) is 25.6. The topological polar surface area (TPSA) is 17.8 Å². The molecule has 1 aliphatic rings. The first-order valence-electron chi connectivity index (χ1n) is 16.1. The lowest BCUT2D eigenvalue weighted by Crippen LogP contribution is -1.96. The smallest absolute Gasteiger partial charge is 0.0787 e. The van der Waals surface area contributed by atoms with Crippen LogP contribution in [0.15, 0.2) is 170 Å². The molecule has 2 nitrogen and oxygen atoms in total. The average Bonchev–Trinajstić information content (AvgIpc) is 3.66. The molecule has 0 spiro atoms. The minimum absolute atomic E-state index is 1.02. The van der Waals surface area contributed by atoms with E-state index in [2.05, 4.69) is 168 Å². The van der Waals surface area contributed by atoms with Gasteiger partial charge in [-0.25, -0.2) is 0 Å². The van der Waals surface area contributed by atoms with Gasteiger partial charge in [-0.05, 0) is 75.3 Å². The maximum atomic E-state index is 5.11. The number of hydrogen-bond donors (Lipinski definition) is 0. The molecule has 0 saturated carbocycles. The van der Waals surface area contributed by atoms with E-state index in [1.807, 2.05) is 6.20 Å². The molecular weight excluding hydrogens is 569 g/mol. The molecule has 47 heavy (non-hydrogen) atoms. The maximum Gasteiger partial charge on any atom is 0.0787 e. The number of aromatic nitrogens is 2. The summed E-state index contributed by atoms with van der Waals surface area (Å²) in [6.45, 7) is 0. The van der Waals surface area contributed by atoms with Crippen molar-refractivity contribution in [3.63, 3.8) is 0 Å². The lowest BCUT2D eigenvalue weighted by Gasteiger charge is -2.13. The normalized spacial score (nSPS) is 11.8.